The van der Waals surface area contributed by atoms with E-state index >= 15 is 0 Å². The lowest BCUT2D eigenvalue weighted by Gasteiger charge is -2.05. The molecule has 0 radical (unpaired) electrons. The van der Waals surface area contributed by atoms with Gasteiger partial charge in [-0.25, -0.2) is 18.1 Å². The molecule has 102 valence electrons. The zero-order chi connectivity index (χ0) is 14.0. The van der Waals surface area contributed by atoms with Gasteiger partial charge in [-0.2, -0.15) is 0 Å². The van der Waals surface area contributed by atoms with E-state index in [9.17, 15) is 13.2 Å². The highest BCUT2D eigenvalue weighted by Gasteiger charge is 2.15. The molecule has 0 aliphatic carbocycles. The predicted molar refractivity (Wildman–Crippen MR) is 72.4 cm³/mol. The summed E-state index contributed by atoms with van der Waals surface area (Å²) >= 11 is 0. The van der Waals surface area contributed by atoms with Crippen LogP contribution in [0, 0.1) is 6.92 Å². The fourth-order valence-electron chi connectivity index (χ4n) is 1.80. The molecule has 0 aliphatic heterocycles. The number of imidazole rings is 1. The van der Waals surface area contributed by atoms with Crippen molar-refractivity contribution in [2.45, 2.75) is 20.3 Å². The quantitative estimate of drug-likeness (QED) is 0.884. The molecule has 0 aliphatic rings. The number of hydrogen-bond acceptors (Lipinski definition) is 4. The molecule has 0 spiro atoms. The molecular formula is C12H15N3O3S. The van der Waals surface area contributed by atoms with Gasteiger partial charge in [0, 0.05) is 5.56 Å². The number of fused-ring (bicyclic) bond motifs is 1. The zero-order valence-electron chi connectivity index (χ0n) is 10.7. The molecule has 1 amide bonds. The zero-order valence-corrected chi connectivity index (χ0v) is 11.5. The molecule has 1 aromatic heterocycles. The number of hydrogen-bond donors (Lipinski definition) is 2. The maximum atomic E-state index is 11.9. The largest absolute Gasteiger partial charge is 0.342 e. The third-order valence-corrected chi connectivity index (χ3v) is 4.03. The Labute approximate surface area is 111 Å². The number of H-pyrrole nitrogens is 1. The number of carbonyl (C=O) groups excluding carboxylic acids is 1. The number of amides is 1. The van der Waals surface area contributed by atoms with Gasteiger partial charge in [0.1, 0.15) is 5.82 Å². The Balaban J connectivity index is 2.26. The highest BCUT2D eigenvalue weighted by molar-refractivity contribution is 7.90. The summed E-state index contributed by atoms with van der Waals surface area (Å²) in [6.45, 7) is 3.55. The van der Waals surface area contributed by atoms with E-state index in [1.54, 1.807) is 25.1 Å². The maximum absolute atomic E-state index is 11.9. The first-order chi connectivity index (χ1) is 8.91. The molecule has 7 heteroatoms. The van der Waals surface area contributed by atoms with Crippen molar-refractivity contribution in [1.29, 1.82) is 0 Å². The van der Waals surface area contributed by atoms with Crippen molar-refractivity contribution in [3.63, 3.8) is 0 Å². The monoisotopic (exact) mass is 281 g/mol. The third-order valence-electron chi connectivity index (χ3n) is 2.58. The minimum absolute atomic E-state index is 0.0653. The van der Waals surface area contributed by atoms with Crippen molar-refractivity contribution in [3.8, 4) is 0 Å². The molecule has 0 unspecified atom stereocenters. The standard InChI is InChI=1S/C12H15N3O3S/c1-3-6-19(17,18)15-12(16)9-4-5-10-11(7-9)14-8(2)13-10/h4-5,7H,3,6H2,1-2H3,(H,13,14)(H,15,16). The summed E-state index contributed by atoms with van der Waals surface area (Å²) in [6, 6.07) is 4.83. The molecule has 0 saturated carbocycles. The number of benzene rings is 1. The van der Waals surface area contributed by atoms with Crippen LogP contribution in [-0.4, -0.2) is 30.0 Å². The predicted octanol–water partition coefficient (Wildman–Crippen LogP) is 1.34. The van der Waals surface area contributed by atoms with Gasteiger partial charge < -0.3 is 4.98 Å². The summed E-state index contributed by atoms with van der Waals surface area (Å²) in [6.07, 6.45) is 0.460. The first kappa shape index (κ1) is 13.5. The topological polar surface area (TPSA) is 91.9 Å². The molecule has 0 fully saturated rings. The molecule has 2 aromatic rings. The molecule has 19 heavy (non-hydrogen) atoms. The Morgan fingerprint density at radius 3 is 2.84 bits per heavy atom. The van der Waals surface area contributed by atoms with E-state index in [0.29, 0.717) is 11.9 Å². The van der Waals surface area contributed by atoms with Gasteiger partial charge in [-0.15, -0.1) is 0 Å². The van der Waals surface area contributed by atoms with E-state index in [1.807, 2.05) is 11.6 Å². The SMILES string of the molecule is CCCS(=O)(=O)NC(=O)c1ccc2nc(C)[nH]c2c1. The van der Waals surface area contributed by atoms with Crippen molar-refractivity contribution in [3.05, 3.63) is 29.6 Å². The van der Waals surface area contributed by atoms with Crippen molar-refractivity contribution in [2.24, 2.45) is 0 Å². The normalized spacial score (nSPS) is 11.7. The lowest BCUT2D eigenvalue weighted by atomic mass is 10.2. The Kier molecular flexibility index (Phi) is 3.57. The molecule has 2 rings (SSSR count). The van der Waals surface area contributed by atoms with E-state index < -0.39 is 15.9 Å². The summed E-state index contributed by atoms with van der Waals surface area (Å²) in [5.41, 5.74) is 1.74. The highest BCUT2D eigenvalue weighted by Crippen LogP contribution is 2.13. The number of aryl methyl sites for hydroxylation is 1. The first-order valence-electron chi connectivity index (χ1n) is 5.92. The van der Waals surface area contributed by atoms with Crippen molar-refractivity contribution in [1.82, 2.24) is 14.7 Å². The third kappa shape index (κ3) is 3.11. The van der Waals surface area contributed by atoms with Crippen LogP contribution in [0.25, 0.3) is 11.0 Å². The van der Waals surface area contributed by atoms with Crippen LogP contribution in [0.5, 0.6) is 0 Å². The molecular weight excluding hydrogens is 266 g/mol. The minimum atomic E-state index is -3.55. The van der Waals surface area contributed by atoms with Gasteiger partial charge in [0.2, 0.25) is 10.0 Å². The van der Waals surface area contributed by atoms with Crippen LogP contribution in [0.4, 0.5) is 0 Å². The Morgan fingerprint density at radius 1 is 1.42 bits per heavy atom. The molecule has 2 N–H and O–H groups in total. The Morgan fingerprint density at radius 2 is 2.16 bits per heavy atom. The van der Waals surface area contributed by atoms with Crippen molar-refractivity contribution < 1.29 is 13.2 Å². The van der Waals surface area contributed by atoms with E-state index in [1.165, 1.54) is 0 Å². The van der Waals surface area contributed by atoms with Crippen LogP contribution < -0.4 is 4.72 Å². The number of carbonyl (C=O) groups is 1. The minimum Gasteiger partial charge on any atom is -0.342 e. The second-order valence-electron chi connectivity index (χ2n) is 4.30. The molecule has 1 aromatic carbocycles. The second kappa shape index (κ2) is 5.00. The summed E-state index contributed by atoms with van der Waals surface area (Å²) in [4.78, 5) is 19.1. The van der Waals surface area contributed by atoms with E-state index in [2.05, 4.69) is 9.97 Å². The number of rotatable bonds is 4. The van der Waals surface area contributed by atoms with Crippen LogP contribution in [0.15, 0.2) is 18.2 Å². The van der Waals surface area contributed by atoms with Gasteiger partial charge in [-0.1, -0.05) is 6.92 Å². The smallest absolute Gasteiger partial charge is 0.264 e. The fourth-order valence-corrected chi connectivity index (χ4v) is 2.84. The molecule has 0 bridgehead atoms. The summed E-state index contributed by atoms with van der Waals surface area (Å²) in [5.74, 6) is 0.0539. The molecule has 6 nitrogen and oxygen atoms in total. The summed E-state index contributed by atoms with van der Waals surface area (Å²) in [7, 11) is -3.55. The average molecular weight is 281 g/mol. The lowest BCUT2D eigenvalue weighted by molar-refractivity contribution is 0.0981. The van der Waals surface area contributed by atoms with Crippen LogP contribution >= 0.6 is 0 Å². The van der Waals surface area contributed by atoms with Crippen molar-refractivity contribution in [2.75, 3.05) is 5.75 Å². The fraction of sp³-hybridized carbons (Fsp3) is 0.333. The van der Waals surface area contributed by atoms with Crippen LogP contribution in [0.3, 0.4) is 0 Å². The van der Waals surface area contributed by atoms with E-state index in [0.717, 1.165) is 11.3 Å². The average Bonchev–Trinajstić information content (AvgIpc) is 2.66. The Bertz CT molecular complexity index is 719. The number of nitrogens with one attached hydrogen (secondary N) is 2. The van der Waals surface area contributed by atoms with Gasteiger partial charge in [-0.05, 0) is 31.5 Å². The summed E-state index contributed by atoms with van der Waals surface area (Å²) in [5, 5.41) is 0. The van der Waals surface area contributed by atoms with Crippen LogP contribution in [0.2, 0.25) is 0 Å². The highest BCUT2D eigenvalue weighted by atomic mass is 32.2. The van der Waals surface area contributed by atoms with Gasteiger partial charge in [0.25, 0.3) is 5.91 Å². The number of aromatic nitrogens is 2. The molecule has 0 saturated heterocycles. The van der Waals surface area contributed by atoms with Gasteiger partial charge in [0.15, 0.2) is 0 Å². The van der Waals surface area contributed by atoms with Crippen LogP contribution in [0.1, 0.15) is 29.5 Å². The van der Waals surface area contributed by atoms with Gasteiger partial charge in [0.05, 0.1) is 16.8 Å². The first-order valence-corrected chi connectivity index (χ1v) is 7.57. The lowest BCUT2D eigenvalue weighted by Crippen LogP contribution is -2.32. The van der Waals surface area contributed by atoms with E-state index in [-0.39, 0.29) is 11.3 Å². The number of aromatic amines is 1. The van der Waals surface area contributed by atoms with Gasteiger partial charge >= 0.3 is 0 Å². The molecule has 1 heterocycles. The second-order valence-corrected chi connectivity index (χ2v) is 6.15. The Hall–Kier alpha value is -1.89. The van der Waals surface area contributed by atoms with Crippen molar-refractivity contribution >= 4 is 27.0 Å². The number of sulfonamides is 1. The van der Waals surface area contributed by atoms with E-state index in [4.69, 9.17) is 0 Å². The maximum Gasteiger partial charge on any atom is 0.264 e. The summed E-state index contributed by atoms with van der Waals surface area (Å²) < 4.78 is 25.1. The number of nitrogens with zero attached hydrogens (tertiary/aromatic N) is 1. The molecule has 0 atom stereocenters. The van der Waals surface area contributed by atoms with Crippen LogP contribution in [-0.2, 0) is 10.0 Å². The van der Waals surface area contributed by atoms with Gasteiger partial charge in [-0.3, -0.25) is 4.79 Å².